The number of guanidine groups is 1. The quantitative estimate of drug-likeness (QED) is 0.617. The molecular formula is C12H22N4. The molecule has 0 unspecified atom stereocenters. The molecular weight excluding hydrogens is 200 g/mol. The number of aromatic nitrogens is 1. The summed E-state index contributed by atoms with van der Waals surface area (Å²) in [6.07, 6.45) is 3.17. The van der Waals surface area contributed by atoms with Crippen LogP contribution in [-0.2, 0) is 13.6 Å². The van der Waals surface area contributed by atoms with Gasteiger partial charge in [0.15, 0.2) is 5.96 Å². The van der Waals surface area contributed by atoms with E-state index < -0.39 is 0 Å². The molecule has 90 valence electrons. The van der Waals surface area contributed by atoms with Crippen molar-refractivity contribution in [3.8, 4) is 0 Å². The third kappa shape index (κ3) is 3.29. The highest BCUT2D eigenvalue weighted by Gasteiger charge is 2.06. The van der Waals surface area contributed by atoms with E-state index in [4.69, 9.17) is 0 Å². The Labute approximate surface area is 98.0 Å². The molecule has 0 aliphatic heterocycles. The van der Waals surface area contributed by atoms with Crippen molar-refractivity contribution in [1.82, 2.24) is 14.8 Å². The molecule has 0 saturated heterocycles. The summed E-state index contributed by atoms with van der Waals surface area (Å²) in [5.74, 6) is 0.947. The summed E-state index contributed by atoms with van der Waals surface area (Å²) in [4.78, 5) is 6.39. The average Bonchev–Trinajstić information content (AvgIpc) is 2.65. The predicted octanol–water partition coefficient (Wildman–Crippen LogP) is 1.44. The topological polar surface area (TPSA) is 32.6 Å². The first-order valence-corrected chi connectivity index (χ1v) is 5.71. The van der Waals surface area contributed by atoms with Crippen LogP contribution in [-0.4, -0.2) is 36.1 Å². The van der Waals surface area contributed by atoms with E-state index in [0.29, 0.717) is 0 Å². The van der Waals surface area contributed by atoms with E-state index in [2.05, 4.69) is 59.1 Å². The van der Waals surface area contributed by atoms with Crippen LogP contribution < -0.4 is 5.32 Å². The Morgan fingerprint density at radius 1 is 1.56 bits per heavy atom. The summed E-state index contributed by atoms with van der Waals surface area (Å²) in [7, 11) is 5.93. The van der Waals surface area contributed by atoms with E-state index in [9.17, 15) is 0 Å². The van der Waals surface area contributed by atoms with Gasteiger partial charge in [-0.25, -0.2) is 0 Å². The third-order valence-electron chi connectivity index (χ3n) is 2.56. The maximum Gasteiger partial charge on any atom is 0.193 e. The minimum atomic E-state index is 0.868. The number of nitrogens with one attached hydrogen (secondary N) is 1. The lowest BCUT2D eigenvalue weighted by Crippen LogP contribution is -2.39. The van der Waals surface area contributed by atoms with Gasteiger partial charge >= 0.3 is 0 Å². The van der Waals surface area contributed by atoms with Crippen LogP contribution in [0.1, 0.15) is 19.0 Å². The first kappa shape index (κ1) is 12.6. The van der Waals surface area contributed by atoms with Gasteiger partial charge in [0.2, 0.25) is 0 Å². The van der Waals surface area contributed by atoms with E-state index >= 15 is 0 Å². The Hall–Kier alpha value is -1.45. The van der Waals surface area contributed by atoms with Crippen molar-refractivity contribution in [2.75, 3.05) is 20.6 Å². The lowest BCUT2D eigenvalue weighted by molar-refractivity contribution is 0.462. The van der Waals surface area contributed by atoms with Crippen LogP contribution in [0.4, 0.5) is 0 Å². The molecule has 0 amide bonds. The molecule has 0 atom stereocenters. The van der Waals surface area contributed by atoms with E-state index in [1.165, 1.54) is 5.69 Å². The zero-order chi connectivity index (χ0) is 12.0. The maximum atomic E-state index is 4.26. The lowest BCUT2D eigenvalue weighted by atomic mass is 10.4. The highest BCUT2D eigenvalue weighted by Crippen LogP contribution is 2.03. The molecule has 0 fully saturated rings. The molecule has 1 rings (SSSR count). The Bertz CT molecular complexity index is 341. The first-order chi connectivity index (χ1) is 7.69. The summed E-state index contributed by atoms with van der Waals surface area (Å²) in [6.45, 7) is 3.98. The largest absolute Gasteiger partial charge is 0.356 e. The van der Waals surface area contributed by atoms with Gasteiger partial charge in [0, 0.05) is 39.6 Å². The zero-order valence-corrected chi connectivity index (χ0v) is 10.7. The van der Waals surface area contributed by atoms with Crippen molar-refractivity contribution in [3.63, 3.8) is 0 Å². The van der Waals surface area contributed by atoms with Crippen LogP contribution in [0, 0.1) is 0 Å². The van der Waals surface area contributed by atoms with Crippen LogP contribution in [0.25, 0.3) is 0 Å². The summed E-state index contributed by atoms with van der Waals surface area (Å²) < 4.78 is 2.13. The number of aryl methyl sites for hydroxylation is 1. The number of rotatable bonds is 4. The third-order valence-corrected chi connectivity index (χ3v) is 2.56. The van der Waals surface area contributed by atoms with Gasteiger partial charge in [-0.1, -0.05) is 6.92 Å². The molecule has 0 saturated carbocycles. The van der Waals surface area contributed by atoms with Crippen LogP contribution in [0.2, 0.25) is 0 Å². The number of aliphatic imine (C=N–C) groups is 1. The standard InChI is InChI=1S/C12H22N4/c1-5-8-14-12(13-2)16(4)10-11-7-6-9-15(11)3/h6-7,9H,5,8,10H2,1-4H3,(H,13,14). The molecule has 0 bridgehead atoms. The van der Waals surface area contributed by atoms with Gasteiger partial charge in [0.1, 0.15) is 0 Å². The fraction of sp³-hybridized carbons (Fsp3) is 0.583. The Kier molecular flexibility index (Phi) is 4.89. The summed E-state index contributed by atoms with van der Waals surface area (Å²) in [5, 5.41) is 3.32. The fourth-order valence-electron chi connectivity index (χ4n) is 1.60. The number of hydrogen-bond acceptors (Lipinski definition) is 1. The minimum absolute atomic E-state index is 0.868. The molecule has 0 spiro atoms. The van der Waals surface area contributed by atoms with Gasteiger partial charge in [-0.15, -0.1) is 0 Å². The lowest BCUT2D eigenvalue weighted by Gasteiger charge is -2.22. The van der Waals surface area contributed by atoms with Gasteiger partial charge in [0.05, 0.1) is 6.54 Å². The van der Waals surface area contributed by atoms with Gasteiger partial charge < -0.3 is 14.8 Å². The average molecular weight is 222 g/mol. The second-order valence-corrected chi connectivity index (χ2v) is 3.94. The summed E-state index contributed by atoms with van der Waals surface area (Å²) in [6, 6.07) is 4.19. The molecule has 0 aromatic carbocycles. The molecule has 1 heterocycles. The molecule has 1 aromatic heterocycles. The van der Waals surface area contributed by atoms with Crippen molar-refractivity contribution in [2.24, 2.45) is 12.0 Å². The monoisotopic (exact) mass is 222 g/mol. The maximum absolute atomic E-state index is 4.26. The fourth-order valence-corrected chi connectivity index (χ4v) is 1.60. The normalized spacial score (nSPS) is 11.6. The molecule has 4 heteroatoms. The highest BCUT2D eigenvalue weighted by atomic mass is 15.3. The van der Waals surface area contributed by atoms with Gasteiger partial charge in [-0.3, -0.25) is 4.99 Å². The molecule has 1 N–H and O–H groups in total. The van der Waals surface area contributed by atoms with Crippen molar-refractivity contribution in [3.05, 3.63) is 24.0 Å². The van der Waals surface area contributed by atoms with Crippen LogP contribution in [0.3, 0.4) is 0 Å². The zero-order valence-electron chi connectivity index (χ0n) is 10.7. The number of nitrogens with zero attached hydrogens (tertiary/aromatic N) is 3. The minimum Gasteiger partial charge on any atom is -0.356 e. The van der Waals surface area contributed by atoms with Crippen LogP contribution in [0.5, 0.6) is 0 Å². The Balaban J connectivity index is 2.56. The van der Waals surface area contributed by atoms with Crippen LogP contribution in [0.15, 0.2) is 23.3 Å². The van der Waals surface area contributed by atoms with E-state index in [1.807, 2.05) is 7.05 Å². The molecule has 0 aliphatic carbocycles. The predicted molar refractivity (Wildman–Crippen MR) is 68.5 cm³/mol. The van der Waals surface area contributed by atoms with Gasteiger partial charge in [-0.05, 0) is 18.6 Å². The van der Waals surface area contributed by atoms with Gasteiger partial charge in [0.25, 0.3) is 0 Å². The molecule has 16 heavy (non-hydrogen) atoms. The molecule has 1 aromatic rings. The van der Waals surface area contributed by atoms with Crippen molar-refractivity contribution < 1.29 is 0 Å². The smallest absolute Gasteiger partial charge is 0.193 e. The van der Waals surface area contributed by atoms with Crippen molar-refractivity contribution in [1.29, 1.82) is 0 Å². The second-order valence-electron chi connectivity index (χ2n) is 3.94. The van der Waals surface area contributed by atoms with E-state index in [-0.39, 0.29) is 0 Å². The highest BCUT2D eigenvalue weighted by molar-refractivity contribution is 5.79. The van der Waals surface area contributed by atoms with Crippen LogP contribution >= 0.6 is 0 Å². The number of hydrogen-bond donors (Lipinski definition) is 1. The molecule has 4 nitrogen and oxygen atoms in total. The van der Waals surface area contributed by atoms with E-state index in [0.717, 1.165) is 25.5 Å². The summed E-state index contributed by atoms with van der Waals surface area (Å²) in [5.41, 5.74) is 1.28. The van der Waals surface area contributed by atoms with Crippen molar-refractivity contribution in [2.45, 2.75) is 19.9 Å². The summed E-state index contributed by atoms with van der Waals surface area (Å²) >= 11 is 0. The molecule has 0 aliphatic rings. The van der Waals surface area contributed by atoms with Gasteiger partial charge in [-0.2, -0.15) is 0 Å². The Morgan fingerprint density at radius 3 is 2.81 bits per heavy atom. The van der Waals surface area contributed by atoms with Crippen molar-refractivity contribution >= 4 is 5.96 Å². The Morgan fingerprint density at radius 2 is 2.31 bits per heavy atom. The molecule has 0 radical (unpaired) electrons. The second kappa shape index (κ2) is 6.20. The SMILES string of the molecule is CCCNC(=NC)N(C)Cc1cccn1C. The van der Waals surface area contributed by atoms with E-state index in [1.54, 1.807) is 0 Å². The first-order valence-electron chi connectivity index (χ1n) is 5.71.